The van der Waals surface area contributed by atoms with Crippen molar-refractivity contribution in [2.75, 3.05) is 20.3 Å². The van der Waals surface area contributed by atoms with Gasteiger partial charge < -0.3 is 19.9 Å². The fourth-order valence-electron chi connectivity index (χ4n) is 3.42. The van der Waals surface area contributed by atoms with Gasteiger partial charge in [-0.05, 0) is 36.3 Å². The summed E-state index contributed by atoms with van der Waals surface area (Å²) < 4.78 is 11.2. The highest BCUT2D eigenvalue weighted by atomic mass is 32.2. The van der Waals surface area contributed by atoms with Crippen LogP contribution in [-0.2, 0) is 20.8 Å². The molecular formula is C25H26N2O6S2. The average molecular weight is 515 g/mol. The van der Waals surface area contributed by atoms with Gasteiger partial charge in [0.25, 0.3) is 5.91 Å². The van der Waals surface area contributed by atoms with Gasteiger partial charge in [-0.25, -0.2) is 4.79 Å². The van der Waals surface area contributed by atoms with Crippen molar-refractivity contribution in [2.45, 2.75) is 25.8 Å². The van der Waals surface area contributed by atoms with Crippen LogP contribution in [0.4, 0.5) is 0 Å². The SMILES string of the molecule is CCOc1ccc(/C=C2\SC(=S)N(CCC(=O)NC(Cc3ccccc3)C(=O)O)C2=O)cc1OC. The molecule has 1 heterocycles. The third-order valence-electron chi connectivity index (χ3n) is 5.14. The van der Waals surface area contributed by atoms with Gasteiger partial charge in [-0.15, -0.1) is 0 Å². The van der Waals surface area contributed by atoms with E-state index in [9.17, 15) is 19.5 Å². The standard InChI is InChI=1S/C25H26N2O6S2/c1-3-33-19-10-9-17(14-20(19)32-2)15-21-23(29)27(25(34)35-21)12-11-22(28)26-18(24(30)31)13-16-7-5-4-6-8-16/h4-10,14-15,18H,3,11-13H2,1-2H3,(H,26,28)(H,30,31)/b21-15-. The molecule has 184 valence electrons. The average Bonchev–Trinajstić information content (AvgIpc) is 3.10. The van der Waals surface area contributed by atoms with Crippen LogP contribution in [-0.4, -0.2) is 58.4 Å². The minimum Gasteiger partial charge on any atom is -0.493 e. The Morgan fingerprint density at radius 3 is 2.60 bits per heavy atom. The van der Waals surface area contributed by atoms with Crippen LogP contribution in [0.5, 0.6) is 11.5 Å². The number of carbonyl (C=O) groups excluding carboxylic acids is 2. The lowest BCUT2D eigenvalue weighted by atomic mass is 10.1. The molecule has 0 aromatic heterocycles. The van der Waals surface area contributed by atoms with Crippen LogP contribution in [0.3, 0.4) is 0 Å². The normalized spacial score (nSPS) is 15.3. The zero-order valence-corrected chi connectivity index (χ0v) is 21.0. The monoisotopic (exact) mass is 514 g/mol. The Morgan fingerprint density at radius 1 is 1.20 bits per heavy atom. The molecule has 1 unspecified atom stereocenters. The number of ether oxygens (including phenoxy) is 2. The molecule has 2 aromatic rings. The summed E-state index contributed by atoms with van der Waals surface area (Å²) in [5, 5.41) is 12.0. The Labute approximate surface area is 213 Å². The van der Waals surface area contributed by atoms with Gasteiger partial charge in [-0.2, -0.15) is 0 Å². The largest absolute Gasteiger partial charge is 0.493 e. The predicted octanol–water partition coefficient (Wildman–Crippen LogP) is 3.50. The van der Waals surface area contributed by atoms with E-state index in [1.165, 1.54) is 4.90 Å². The van der Waals surface area contributed by atoms with Gasteiger partial charge in [0.1, 0.15) is 10.4 Å². The van der Waals surface area contributed by atoms with Crippen LogP contribution >= 0.6 is 24.0 Å². The number of benzene rings is 2. The number of rotatable bonds is 11. The number of nitrogens with zero attached hydrogens (tertiary/aromatic N) is 1. The quantitative estimate of drug-likeness (QED) is 0.347. The Kier molecular flexibility index (Phi) is 9.27. The van der Waals surface area contributed by atoms with E-state index in [2.05, 4.69) is 5.32 Å². The van der Waals surface area contributed by atoms with Crippen molar-refractivity contribution in [1.29, 1.82) is 0 Å². The van der Waals surface area contributed by atoms with Gasteiger partial charge in [-0.3, -0.25) is 14.5 Å². The molecule has 2 amide bonds. The molecule has 0 bridgehead atoms. The molecule has 1 atom stereocenters. The highest BCUT2D eigenvalue weighted by molar-refractivity contribution is 8.26. The Morgan fingerprint density at radius 2 is 1.94 bits per heavy atom. The highest BCUT2D eigenvalue weighted by Crippen LogP contribution is 2.34. The Balaban J connectivity index is 1.61. The van der Waals surface area contributed by atoms with Crippen LogP contribution in [0.2, 0.25) is 0 Å². The lowest BCUT2D eigenvalue weighted by molar-refractivity contribution is -0.141. The summed E-state index contributed by atoms with van der Waals surface area (Å²) in [6, 6.07) is 13.3. The third kappa shape index (κ3) is 7.06. The van der Waals surface area contributed by atoms with E-state index in [0.29, 0.717) is 27.3 Å². The van der Waals surface area contributed by atoms with Gasteiger partial charge in [0.05, 0.1) is 18.6 Å². The van der Waals surface area contributed by atoms with Crippen LogP contribution in [0.15, 0.2) is 53.4 Å². The van der Waals surface area contributed by atoms with Crippen LogP contribution in [0.25, 0.3) is 6.08 Å². The van der Waals surface area contributed by atoms with Crippen molar-refractivity contribution < 1.29 is 29.0 Å². The van der Waals surface area contributed by atoms with Crippen molar-refractivity contribution in [2.24, 2.45) is 0 Å². The molecule has 10 heteroatoms. The third-order valence-corrected chi connectivity index (χ3v) is 6.52. The molecule has 1 aliphatic rings. The van der Waals surface area contributed by atoms with Crippen molar-refractivity contribution in [3.8, 4) is 11.5 Å². The summed E-state index contributed by atoms with van der Waals surface area (Å²) in [5.74, 6) is -0.738. The second-order valence-corrected chi connectivity index (χ2v) is 9.25. The first-order valence-corrected chi connectivity index (χ1v) is 12.2. The zero-order valence-electron chi connectivity index (χ0n) is 19.4. The summed E-state index contributed by atoms with van der Waals surface area (Å²) in [6.45, 7) is 2.43. The lowest BCUT2D eigenvalue weighted by Gasteiger charge is -2.17. The van der Waals surface area contributed by atoms with E-state index in [1.54, 1.807) is 37.5 Å². The fourth-order valence-corrected chi connectivity index (χ4v) is 4.73. The van der Waals surface area contributed by atoms with Crippen LogP contribution in [0.1, 0.15) is 24.5 Å². The molecule has 1 saturated heterocycles. The number of nitrogens with one attached hydrogen (secondary N) is 1. The second kappa shape index (κ2) is 12.4. The number of carboxylic acids is 1. The highest BCUT2D eigenvalue weighted by Gasteiger charge is 2.32. The van der Waals surface area contributed by atoms with Crippen molar-refractivity contribution in [1.82, 2.24) is 10.2 Å². The van der Waals surface area contributed by atoms with Gasteiger partial charge in [-0.1, -0.05) is 60.4 Å². The van der Waals surface area contributed by atoms with Crippen molar-refractivity contribution in [3.63, 3.8) is 0 Å². The zero-order chi connectivity index (χ0) is 25.4. The van der Waals surface area contributed by atoms with Gasteiger partial charge in [0.2, 0.25) is 5.91 Å². The summed E-state index contributed by atoms with van der Waals surface area (Å²) in [6.07, 6.45) is 1.80. The summed E-state index contributed by atoms with van der Waals surface area (Å²) in [7, 11) is 1.54. The van der Waals surface area contributed by atoms with Crippen LogP contribution in [0, 0.1) is 0 Å². The molecule has 3 rings (SSSR count). The van der Waals surface area contributed by atoms with E-state index in [0.717, 1.165) is 22.9 Å². The number of hydrogen-bond donors (Lipinski definition) is 2. The van der Waals surface area contributed by atoms with E-state index in [4.69, 9.17) is 21.7 Å². The minimum atomic E-state index is -1.12. The maximum Gasteiger partial charge on any atom is 0.326 e. The number of amides is 2. The molecule has 0 aliphatic carbocycles. The second-order valence-electron chi connectivity index (χ2n) is 7.57. The molecule has 35 heavy (non-hydrogen) atoms. The van der Waals surface area contributed by atoms with E-state index in [1.807, 2.05) is 31.2 Å². The minimum absolute atomic E-state index is 0.0537. The fraction of sp³-hybridized carbons (Fsp3) is 0.280. The number of thioether (sulfide) groups is 1. The van der Waals surface area contributed by atoms with E-state index < -0.39 is 17.9 Å². The van der Waals surface area contributed by atoms with Gasteiger partial charge >= 0.3 is 5.97 Å². The molecule has 0 radical (unpaired) electrons. The number of methoxy groups -OCH3 is 1. The van der Waals surface area contributed by atoms with Gasteiger partial charge in [0.15, 0.2) is 11.5 Å². The molecule has 0 saturated carbocycles. The maximum atomic E-state index is 12.9. The van der Waals surface area contributed by atoms with Gasteiger partial charge in [0, 0.05) is 19.4 Å². The Hall–Kier alpha value is -3.37. The smallest absolute Gasteiger partial charge is 0.326 e. The number of aliphatic carboxylic acids is 1. The van der Waals surface area contributed by atoms with Crippen LogP contribution < -0.4 is 14.8 Å². The molecule has 0 spiro atoms. The number of carboxylic acid groups (broad SMARTS) is 1. The molecule has 1 aliphatic heterocycles. The maximum absolute atomic E-state index is 12.9. The topological polar surface area (TPSA) is 105 Å². The first-order chi connectivity index (χ1) is 16.8. The van der Waals surface area contributed by atoms with Crippen molar-refractivity contribution >= 4 is 52.2 Å². The summed E-state index contributed by atoms with van der Waals surface area (Å²) in [5.41, 5.74) is 1.54. The summed E-state index contributed by atoms with van der Waals surface area (Å²) in [4.78, 5) is 38.7. The first-order valence-electron chi connectivity index (χ1n) is 10.9. The first kappa shape index (κ1) is 26.2. The number of thiocarbonyl (C=S) groups is 1. The molecular weight excluding hydrogens is 488 g/mol. The molecule has 2 aromatic carbocycles. The van der Waals surface area contributed by atoms with E-state index >= 15 is 0 Å². The summed E-state index contributed by atoms with van der Waals surface area (Å²) >= 11 is 6.49. The Bertz CT molecular complexity index is 1140. The predicted molar refractivity (Wildman–Crippen MR) is 138 cm³/mol. The lowest BCUT2D eigenvalue weighted by Crippen LogP contribution is -2.43. The van der Waals surface area contributed by atoms with E-state index in [-0.39, 0.29) is 25.3 Å². The number of hydrogen-bond acceptors (Lipinski definition) is 7. The number of carbonyl (C=O) groups is 3. The van der Waals surface area contributed by atoms with Crippen molar-refractivity contribution in [3.05, 3.63) is 64.6 Å². The molecule has 2 N–H and O–H groups in total. The molecule has 1 fully saturated rings. The molecule has 8 nitrogen and oxygen atoms in total.